The molecule has 0 heterocycles. The monoisotopic (exact) mass is 444 g/mol. The summed E-state index contributed by atoms with van der Waals surface area (Å²) in [6.45, 7) is 5.40. The summed E-state index contributed by atoms with van der Waals surface area (Å²) >= 11 is 0. The summed E-state index contributed by atoms with van der Waals surface area (Å²) in [6.07, 6.45) is -2.11. The maximum Gasteiger partial charge on any atom is 0.171 e. The van der Waals surface area contributed by atoms with Crippen LogP contribution < -0.4 is 4.74 Å². The molecule has 1 nitrogen and oxygen atoms in total. The standard InChI is InChI=1S/C26H21F5O/c1-3-5-6-14-7-8-15(13-19(14)27)16-9-10-17-18-11-12-20(32-4-2)24(29)22(18)26(31)25(30)21(17)23(16)28/h3,7-13,25-26H,1,4-6H2,2H3. The molecule has 0 amide bonds. The van der Waals surface area contributed by atoms with Gasteiger partial charge in [0, 0.05) is 16.7 Å². The maximum atomic E-state index is 15.4. The second-order valence-electron chi connectivity index (χ2n) is 7.60. The molecule has 0 spiro atoms. The topological polar surface area (TPSA) is 9.23 Å². The van der Waals surface area contributed by atoms with E-state index in [1.807, 2.05) is 0 Å². The fourth-order valence-corrected chi connectivity index (χ4v) is 4.13. The van der Waals surface area contributed by atoms with Gasteiger partial charge in [0.1, 0.15) is 11.6 Å². The summed E-state index contributed by atoms with van der Waals surface area (Å²) in [7, 11) is 0. The molecule has 0 bridgehead atoms. The molecule has 1 aliphatic carbocycles. The summed E-state index contributed by atoms with van der Waals surface area (Å²) in [5.41, 5.74) is -0.248. The van der Waals surface area contributed by atoms with E-state index in [-0.39, 0.29) is 34.6 Å². The smallest absolute Gasteiger partial charge is 0.171 e. The van der Waals surface area contributed by atoms with Crippen LogP contribution in [0.4, 0.5) is 22.0 Å². The van der Waals surface area contributed by atoms with E-state index in [4.69, 9.17) is 4.74 Å². The van der Waals surface area contributed by atoms with Crippen LogP contribution in [-0.4, -0.2) is 6.61 Å². The third kappa shape index (κ3) is 3.57. The van der Waals surface area contributed by atoms with Crippen LogP contribution in [0.3, 0.4) is 0 Å². The molecule has 0 N–H and O–H groups in total. The van der Waals surface area contributed by atoms with Crippen LogP contribution in [0.1, 0.15) is 42.4 Å². The number of allylic oxidation sites excluding steroid dienone is 1. The molecule has 0 saturated carbocycles. The first-order valence-electron chi connectivity index (χ1n) is 10.3. The number of aryl methyl sites for hydroxylation is 1. The number of fused-ring (bicyclic) bond motifs is 3. The highest BCUT2D eigenvalue weighted by Crippen LogP contribution is 2.52. The van der Waals surface area contributed by atoms with Crippen LogP contribution in [0.2, 0.25) is 0 Å². The number of halogens is 5. The highest BCUT2D eigenvalue weighted by atomic mass is 19.2. The lowest BCUT2D eigenvalue weighted by Gasteiger charge is -2.28. The van der Waals surface area contributed by atoms with E-state index in [9.17, 15) is 13.2 Å². The normalized spacial score (nSPS) is 16.9. The first kappa shape index (κ1) is 22.1. The second-order valence-corrected chi connectivity index (χ2v) is 7.60. The lowest BCUT2D eigenvalue weighted by Crippen LogP contribution is -2.16. The number of rotatable bonds is 6. The SMILES string of the molecule is C=CCCc1ccc(-c2ccc3c(c2F)C(F)C(F)c2c-3ccc(OCC)c2F)cc1F. The average Bonchev–Trinajstić information content (AvgIpc) is 2.78. The zero-order chi connectivity index (χ0) is 23.0. The van der Waals surface area contributed by atoms with Crippen molar-refractivity contribution in [2.45, 2.75) is 32.1 Å². The highest BCUT2D eigenvalue weighted by Gasteiger charge is 2.40. The fourth-order valence-electron chi connectivity index (χ4n) is 4.13. The molecule has 6 heteroatoms. The van der Waals surface area contributed by atoms with E-state index in [1.54, 1.807) is 13.0 Å². The Morgan fingerprint density at radius 3 is 2.12 bits per heavy atom. The minimum atomic E-state index is -2.42. The van der Waals surface area contributed by atoms with Gasteiger partial charge in [0.05, 0.1) is 6.61 Å². The number of hydrogen-bond donors (Lipinski definition) is 0. The predicted molar refractivity (Wildman–Crippen MR) is 115 cm³/mol. The summed E-state index contributed by atoms with van der Waals surface area (Å²) in [4.78, 5) is 0. The summed E-state index contributed by atoms with van der Waals surface area (Å²) < 4.78 is 79.9. The van der Waals surface area contributed by atoms with E-state index < -0.39 is 40.9 Å². The Kier molecular flexibility index (Phi) is 6.04. The van der Waals surface area contributed by atoms with Gasteiger partial charge in [-0.05, 0) is 54.2 Å². The Bertz CT molecular complexity index is 1190. The van der Waals surface area contributed by atoms with Gasteiger partial charge < -0.3 is 4.74 Å². The molecular weight excluding hydrogens is 423 g/mol. The zero-order valence-electron chi connectivity index (χ0n) is 17.4. The quantitative estimate of drug-likeness (QED) is 0.277. The molecule has 0 radical (unpaired) electrons. The Morgan fingerprint density at radius 1 is 0.875 bits per heavy atom. The van der Waals surface area contributed by atoms with E-state index in [0.29, 0.717) is 18.4 Å². The molecule has 3 aromatic rings. The second kappa shape index (κ2) is 8.77. The minimum Gasteiger partial charge on any atom is -0.491 e. The van der Waals surface area contributed by atoms with E-state index in [2.05, 4.69) is 6.58 Å². The fraction of sp³-hybridized carbons (Fsp3) is 0.231. The minimum absolute atomic E-state index is 0.0531. The van der Waals surface area contributed by atoms with Gasteiger partial charge in [-0.15, -0.1) is 6.58 Å². The molecule has 0 saturated heterocycles. The first-order chi connectivity index (χ1) is 15.4. The maximum absolute atomic E-state index is 15.4. The molecule has 1 aliphatic rings. The van der Waals surface area contributed by atoms with E-state index in [1.165, 1.54) is 42.5 Å². The zero-order valence-corrected chi connectivity index (χ0v) is 17.4. The van der Waals surface area contributed by atoms with Crippen molar-refractivity contribution >= 4 is 0 Å². The van der Waals surface area contributed by atoms with Crippen LogP contribution >= 0.6 is 0 Å². The molecule has 0 aliphatic heterocycles. The average molecular weight is 444 g/mol. The van der Waals surface area contributed by atoms with Gasteiger partial charge in [-0.2, -0.15) is 0 Å². The van der Waals surface area contributed by atoms with Gasteiger partial charge in [0.2, 0.25) is 0 Å². The number of ether oxygens (including phenoxy) is 1. The molecule has 0 aromatic heterocycles. The van der Waals surface area contributed by atoms with Gasteiger partial charge in [0.25, 0.3) is 0 Å². The molecular formula is C26H21F5O. The number of benzene rings is 3. The molecule has 0 fully saturated rings. The van der Waals surface area contributed by atoms with Gasteiger partial charge in [0.15, 0.2) is 23.9 Å². The first-order valence-corrected chi connectivity index (χ1v) is 10.3. The largest absolute Gasteiger partial charge is 0.491 e. The molecule has 3 aromatic carbocycles. The van der Waals surface area contributed by atoms with Crippen molar-refractivity contribution in [1.82, 2.24) is 0 Å². The lowest BCUT2D eigenvalue weighted by molar-refractivity contribution is 0.159. The van der Waals surface area contributed by atoms with Crippen molar-refractivity contribution in [2.24, 2.45) is 0 Å². The Balaban J connectivity index is 1.83. The summed E-state index contributed by atoms with van der Waals surface area (Å²) in [6, 6.07) is 9.75. The van der Waals surface area contributed by atoms with E-state index in [0.717, 1.165) is 0 Å². The van der Waals surface area contributed by atoms with Crippen molar-refractivity contribution in [3.63, 3.8) is 0 Å². The van der Waals surface area contributed by atoms with E-state index >= 15 is 8.78 Å². The Morgan fingerprint density at radius 2 is 1.50 bits per heavy atom. The molecule has 2 unspecified atom stereocenters. The third-order valence-corrected chi connectivity index (χ3v) is 5.70. The van der Waals surface area contributed by atoms with Crippen molar-refractivity contribution in [3.05, 3.63) is 89.3 Å². The molecule has 166 valence electrons. The summed E-state index contributed by atoms with van der Waals surface area (Å²) in [5, 5.41) is 0. The van der Waals surface area contributed by atoms with Crippen molar-refractivity contribution in [2.75, 3.05) is 6.61 Å². The molecule has 32 heavy (non-hydrogen) atoms. The van der Waals surface area contributed by atoms with Crippen LogP contribution in [0, 0.1) is 17.5 Å². The Hall–Kier alpha value is -3.15. The van der Waals surface area contributed by atoms with Gasteiger partial charge >= 0.3 is 0 Å². The summed E-state index contributed by atoms with van der Waals surface area (Å²) in [5.74, 6) is -2.69. The Labute approximate surface area is 183 Å². The molecule has 2 atom stereocenters. The van der Waals surface area contributed by atoms with Crippen molar-refractivity contribution < 1.29 is 26.7 Å². The van der Waals surface area contributed by atoms with Crippen molar-refractivity contribution in [3.8, 4) is 28.0 Å². The van der Waals surface area contributed by atoms with Crippen molar-refractivity contribution in [1.29, 1.82) is 0 Å². The predicted octanol–water partition coefficient (Wildman–Crippen LogP) is 7.99. The van der Waals surface area contributed by atoms with Gasteiger partial charge in [-0.25, -0.2) is 22.0 Å². The third-order valence-electron chi connectivity index (χ3n) is 5.70. The number of hydrogen-bond acceptors (Lipinski definition) is 1. The van der Waals surface area contributed by atoms with Gasteiger partial charge in [-0.3, -0.25) is 0 Å². The number of alkyl halides is 2. The molecule has 4 rings (SSSR count). The van der Waals surface area contributed by atoms with Crippen LogP contribution in [0.15, 0.2) is 55.1 Å². The van der Waals surface area contributed by atoms with Crippen LogP contribution in [0.5, 0.6) is 5.75 Å². The lowest BCUT2D eigenvalue weighted by atomic mass is 9.81. The highest BCUT2D eigenvalue weighted by molar-refractivity contribution is 5.79. The van der Waals surface area contributed by atoms with Gasteiger partial charge in [-0.1, -0.05) is 36.4 Å². The van der Waals surface area contributed by atoms with Crippen LogP contribution in [-0.2, 0) is 6.42 Å². The van der Waals surface area contributed by atoms with Crippen LogP contribution in [0.25, 0.3) is 22.3 Å².